The Morgan fingerprint density at radius 1 is 1.20 bits per heavy atom. The van der Waals surface area contributed by atoms with Gasteiger partial charge >= 0.3 is 5.97 Å². The van der Waals surface area contributed by atoms with Crippen molar-refractivity contribution in [3.05, 3.63) is 75.3 Å². The first-order valence-corrected chi connectivity index (χ1v) is 7.94. The molecule has 0 unspecified atom stereocenters. The number of hydrogen-bond acceptors (Lipinski definition) is 5. The molecule has 6 nitrogen and oxygen atoms in total. The standard InChI is InChI=1S/C18H16ClN3O3/c1-21(2)15-6-3-12(4-7-15)18(24)25-11-14-9-17(23)22-10-13(19)5-8-16(22)20-14/h3-10H,11H2,1-2H3. The minimum absolute atomic E-state index is 0.0807. The van der Waals surface area contributed by atoms with Crippen LogP contribution in [0.4, 0.5) is 5.69 Å². The summed E-state index contributed by atoms with van der Waals surface area (Å²) in [5.41, 5.74) is 1.96. The van der Waals surface area contributed by atoms with Crippen molar-refractivity contribution in [1.82, 2.24) is 9.38 Å². The molecule has 2 heterocycles. The molecule has 2 aromatic heterocycles. The maximum Gasteiger partial charge on any atom is 0.338 e. The van der Waals surface area contributed by atoms with E-state index in [1.165, 1.54) is 16.7 Å². The lowest BCUT2D eigenvalue weighted by Crippen LogP contribution is -2.16. The van der Waals surface area contributed by atoms with Crippen LogP contribution >= 0.6 is 11.6 Å². The Bertz CT molecular complexity index is 981. The van der Waals surface area contributed by atoms with Crippen molar-refractivity contribution in [3.63, 3.8) is 0 Å². The highest BCUT2D eigenvalue weighted by molar-refractivity contribution is 6.30. The van der Waals surface area contributed by atoms with Gasteiger partial charge in [0.05, 0.1) is 16.3 Å². The van der Waals surface area contributed by atoms with Crippen LogP contribution in [0.25, 0.3) is 5.65 Å². The minimum atomic E-state index is -0.469. The third kappa shape index (κ3) is 3.80. The molecule has 0 saturated heterocycles. The van der Waals surface area contributed by atoms with E-state index < -0.39 is 5.97 Å². The van der Waals surface area contributed by atoms with Crippen molar-refractivity contribution in [1.29, 1.82) is 0 Å². The predicted molar refractivity (Wildman–Crippen MR) is 96.4 cm³/mol. The lowest BCUT2D eigenvalue weighted by atomic mass is 10.2. The Kier molecular flexibility index (Phi) is 4.72. The van der Waals surface area contributed by atoms with Gasteiger partial charge in [-0.05, 0) is 36.4 Å². The zero-order chi connectivity index (χ0) is 18.0. The number of fused-ring (bicyclic) bond motifs is 1. The van der Waals surface area contributed by atoms with E-state index in [0.29, 0.717) is 21.9 Å². The number of carbonyl (C=O) groups excluding carboxylic acids is 1. The van der Waals surface area contributed by atoms with Crippen molar-refractivity contribution in [3.8, 4) is 0 Å². The van der Waals surface area contributed by atoms with Gasteiger partial charge in [-0.15, -0.1) is 0 Å². The van der Waals surface area contributed by atoms with E-state index in [0.717, 1.165) is 5.69 Å². The van der Waals surface area contributed by atoms with Gasteiger partial charge in [0.2, 0.25) is 0 Å². The van der Waals surface area contributed by atoms with E-state index in [-0.39, 0.29) is 12.2 Å². The largest absolute Gasteiger partial charge is 0.456 e. The molecule has 3 rings (SSSR count). The highest BCUT2D eigenvalue weighted by atomic mass is 35.5. The minimum Gasteiger partial charge on any atom is -0.456 e. The number of halogens is 1. The van der Waals surface area contributed by atoms with Crippen LogP contribution in [-0.2, 0) is 11.3 Å². The molecular weight excluding hydrogens is 342 g/mol. The highest BCUT2D eigenvalue weighted by Crippen LogP contribution is 2.14. The molecule has 0 bridgehead atoms. The third-order valence-electron chi connectivity index (χ3n) is 3.65. The number of aromatic nitrogens is 2. The predicted octanol–water partition coefficient (Wildman–Crippen LogP) is 2.77. The Morgan fingerprint density at radius 3 is 2.60 bits per heavy atom. The molecule has 0 spiro atoms. The summed E-state index contributed by atoms with van der Waals surface area (Å²) in [4.78, 5) is 30.5. The second-order valence-corrected chi connectivity index (χ2v) is 6.12. The number of anilines is 1. The molecule has 0 aliphatic rings. The smallest absolute Gasteiger partial charge is 0.338 e. The number of benzene rings is 1. The fourth-order valence-corrected chi connectivity index (χ4v) is 2.48. The summed E-state index contributed by atoms with van der Waals surface area (Å²) in [5, 5.41) is 0.441. The van der Waals surface area contributed by atoms with E-state index >= 15 is 0 Å². The van der Waals surface area contributed by atoms with Crippen LogP contribution in [0.5, 0.6) is 0 Å². The van der Waals surface area contributed by atoms with Gasteiger partial charge in [0.15, 0.2) is 0 Å². The number of esters is 1. The van der Waals surface area contributed by atoms with Crippen molar-refractivity contribution in [2.75, 3.05) is 19.0 Å². The second-order valence-electron chi connectivity index (χ2n) is 5.68. The van der Waals surface area contributed by atoms with Crippen LogP contribution in [0.15, 0.2) is 53.5 Å². The average Bonchev–Trinajstić information content (AvgIpc) is 2.60. The molecule has 0 aliphatic heterocycles. The third-order valence-corrected chi connectivity index (χ3v) is 3.87. The normalized spacial score (nSPS) is 10.7. The van der Waals surface area contributed by atoms with Crippen molar-refractivity contribution < 1.29 is 9.53 Å². The van der Waals surface area contributed by atoms with Gasteiger partial charge in [-0.2, -0.15) is 0 Å². The molecular formula is C18H16ClN3O3. The Balaban J connectivity index is 1.74. The lowest BCUT2D eigenvalue weighted by Gasteiger charge is -2.12. The summed E-state index contributed by atoms with van der Waals surface area (Å²) < 4.78 is 6.59. The van der Waals surface area contributed by atoms with Gasteiger partial charge < -0.3 is 9.64 Å². The fraction of sp³-hybridized carbons (Fsp3) is 0.167. The maximum absolute atomic E-state index is 12.1. The second kappa shape index (κ2) is 6.94. The van der Waals surface area contributed by atoms with E-state index in [1.807, 2.05) is 31.1 Å². The SMILES string of the molecule is CN(C)c1ccc(C(=O)OCc2cc(=O)n3cc(Cl)ccc3n2)cc1. The summed E-state index contributed by atoms with van der Waals surface area (Å²) in [7, 11) is 3.84. The molecule has 0 fully saturated rings. The van der Waals surface area contributed by atoms with E-state index in [1.54, 1.807) is 24.3 Å². The number of nitrogens with zero attached hydrogens (tertiary/aromatic N) is 3. The molecule has 0 saturated carbocycles. The van der Waals surface area contributed by atoms with E-state index in [9.17, 15) is 9.59 Å². The molecule has 0 N–H and O–H groups in total. The molecule has 128 valence electrons. The number of hydrogen-bond donors (Lipinski definition) is 0. The van der Waals surface area contributed by atoms with Crippen LogP contribution in [0, 0.1) is 0 Å². The van der Waals surface area contributed by atoms with Crippen LogP contribution in [-0.4, -0.2) is 29.4 Å². The van der Waals surface area contributed by atoms with Gasteiger partial charge in [0.25, 0.3) is 5.56 Å². The van der Waals surface area contributed by atoms with E-state index in [4.69, 9.17) is 16.3 Å². The molecule has 7 heteroatoms. The number of pyridine rings is 1. The van der Waals surface area contributed by atoms with Crippen LogP contribution in [0.1, 0.15) is 16.1 Å². The molecule has 3 aromatic rings. The number of rotatable bonds is 4. The first-order chi connectivity index (χ1) is 11.9. The summed E-state index contributed by atoms with van der Waals surface area (Å²) in [6.45, 7) is -0.0807. The molecule has 0 aliphatic carbocycles. The van der Waals surface area contributed by atoms with Crippen molar-refractivity contribution in [2.24, 2.45) is 0 Å². The van der Waals surface area contributed by atoms with Gasteiger partial charge in [-0.3, -0.25) is 9.20 Å². The molecule has 0 atom stereocenters. The van der Waals surface area contributed by atoms with E-state index in [2.05, 4.69) is 4.98 Å². The fourth-order valence-electron chi connectivity index (χ4n) is 2.32. The van der Waals surface area contributed by atoms with Gasteiger partial charge in [0, 0.05) is 32.0 Å². The number of ether oxygens (including phenoxy) is 1. The van der Waals surface area contributed by atoms with Crippen molar-refractivity contribution in [2.45, 2.75) is 6.61 Å². The summed E-state index contributed by atoms with van der Waals surface area (Å²) >= 11 is 5.87. The molecule has 0 amide bonds. The van der Waals surface area contributed by atoms with Gasteiger partial charge in [-0.25, -0.2) is 9.78 Å². The Hall–Kier alpha value is -2.86. The van der Waals surface area contributed by atoms with Gasteiger partial charge in [0.1, 0.15) is 12.3 Å². The lowest BCUT2D eigenvalue weighted by molar-refractivity contribution is 0.0467. The highest BCUT2D eigenvalue weighted by Gasteiger charge is 2.10. The quantitative estimate of drug-likeness (QED) is 0.672. The zero-order valence-corrected chi connectivity index (χ0v) is 14.5. The molecule has 25 heavy (non-hydrogen) atoms. The van der Waals surface area contributed by atoms with Crippen LogP contribution < -0.4 is 10.5 Å². The summed E-state index contributed by atoms with van der Waals surface area (Å²) in [6, 6.07) is 11.7. The van der Waals surface area contributed by atoms with Crippen LogP contribution in [0.3, 0.4) is 0 Å². The monoisotopic (exact) mass is 357 g/mol. The molecule has 1 aromatic carbocycles. The first kappa shape index (κ1) is 17.0. The summed E-state index contributed by atoms with van der Waals surface area (Å²) in [6.07, 6.45) is 1.49. The topological polar surface area (TPSA) is 63.9 Å². The van der Waals surface area contributed by atoms with Gasteiger partial charge in [-0.1, -0.05) is 11.6 Å². The Labute approximate surface area is 149 Å². The average molecular weight is 358 g/mol. The maximum atomic E-state index is 12.1. The summed E-state index contributed by atoms with van der Waals surface area (Å²) in [5.74, 6) is -0.469. The zero-order valence-electron chi connectivity index (χ0n) is 13.8. The first-order valence-electron chi connectivity index (χ1n) is 7.56. The number of carbonyl (C=O) groups is 1. The van der Waals surface area contributed by atoms with Crippen molar-refractivity contribution >= 4 is 28.9 Å². The Morgan fingerprint density at radius 2 is 1.92 bits per heavy atom. The van der Waals surface area contributed by atoms with Crippen LogP contribution in [0.2, 0.25) is 5.02 Å². The molecule has 0 radical (unpaired) electrons.